The van der Waals surface area contributed by atoms with Gasteiger partial charge in [-0.25, -0.2) is 10.6 Å². The second-order valence-electron chi connectivity index (χ2n) is 4.10. The Labute approximate surface area is 105 Å². The zero-order valence-electron chi connectivity index (χ0n) is 10.0. The maximum absolute atomic E-state index is 11.5. The summed E-state index contributed by atoms with van der Waals surface area (Å²) in [4.78, 5) is 22.6. The topological polar surface area (TPSA) is 120 Å². The first kappa shape index (κ1) is 14.0. The van der Waals surface area contributed by atoms with E-state index >= 15 is 0 Å². The van der Waals surface area contributed by atoms with Crippen LogP contribution in [-0.2, 0) is 4.79 Å². The highest BCUT2D eigenvalue weighted by Crippen LogP contribution is 2.17. The molecular formula is C11H17N5O2. The van der Waals surface area contributed by atoms with Crippen LogP contribution in [0.3, 0.4) is 0 Å². The highest BCUT2D eigenvalue weighted by atomic mass is 16.2. The van der Waals surface area contributed by atoms with E-state index in [1.165, 1.54) is 6.42 Å². The molecule has 1 aliphatic rings. The van der Waals surface area contributed by atoms with E-state index < -0.39 is 11.9 Å². The van der Waals surface area contributed by atoms with Crippen molar-refractivity contribution < 1.29 is 9.59 Å². The van der Waals surface area contributed by atoms with Gasteiger partial charge in [-0.1, -0.05) is 19.3 Å². The highest BCUT2D eigenvalue weighted by molar-refractivity contribution is 5.97. The van der Waals surface area contributed by atoms with E-state index in [0.717, 1.165) is 31.9 Å². The second-order valence-corrected chi connectivity index (χ2v) is 4.10. The smallest absolute Gasteiger partial charge is 0.319 e. The van der Waals surface area contributed by atoms with Gasteiger partial charge in [-0.3, -0.25) is 10.2 Å². The number of nitrogens with one attached hydrogen (secondary N) is 3. The van der Waals surface area contributed by atoms with Gasteiger partial charge in [-0.05, 0) is 12.8 Å². The largest absolute Gasteiger partial charge is 0.335 e. The molecule has 7 nitrogen and oxygen atoms in total. The van der Waals surface area contributed by atoms with Gasteiger partial charge in [0, 0.05) is 12.2 Å². The lowest BCUT2D eigenvalue weighted by atomic mass is 9.96. The van der Waals surface area contributed by atoms with Gasteiger partial charge in [0.05, 0.1) is 0 Å². The Kier molecular flexibility index (Phi) is 5.67. The van der Waals surface area contributed by atoms with Gasteiger partial charge in [0.15, 0.2) is 0 Å². The summed E-state index contributed by atoms with van der Waals surface area (Å²) in [6, 6.07) is 1.39. The number of hydrogen-bond acceptors (Lipinski definition) is 4. The molecule has 1 saturated carbocycles. The number of amides is 3. The molecule has 0 saturated heterocycles. The Morgan fingerprint density at radius 1 is 1.28 bits per heavy atom. The van der Waals surface area contributed by atoms with Crippen molar-refractivity contribution in [1.82, 2.24) is 16.1 Å². The lowest BCUT2D eigenvalue weighted by Crippen LogP contribution is -2.41. The molecule has 0 aromatic rings. The van der Waals surface area contributed by atoms with Crippen LogP contribution >= 0.6 is 0 Å². The number of carbonyl (C=O) groups is 2. The number of nitrogens with two attached hydrogens (primary N) is 1. The van der Waals surface area contributed by atoms with Crippen LogP contribution < -0.4 is 21.9 Å². The monoisotopic (exact) mass is 251 g/mol. The fraction of sp³-hybridized carbons (Fsp3) is 0.545. The fourth-order valence-corrected chi connectivity index (χ4v) is 1.84. The summed E-state index contributed by atoms with van der Waals surface area (Å²) in [5.41, 5.74) is 1.57. The fourth-order valence-electron chi connectivity index (χ4n) is 1.84. The summed E-state index contributed by atoms with van der Waals surface area (Å²) in [7, 11) is 0. The SMILES string of the molecule is N#CC(=CNC(=O)NC1CCCCC1)C(=O)NN. The molecule has 1 aliphatic carbocycles. The summed E-state index contributed by atoms with van der Waals surface area (Å²) in [6.45, 7) is 0. The second kappa shape index (κ2) is 7.29. The Morgan fingerprint density at radius 2 is 1.94 bits per heavy atom. The maximum Gasteiger partial charge on any atom is 0.319 e. The molecule has 0 aliphatic heterocycles. The number of carbonyl (C=O) groups excluding carboxylic acids is 2. The number of nitrogens with zero attached hydrogens (tertiary/aromatic N) is 1. The first-order valence-corrected chi connectivity index (χ1v) is 5.85. The normalized spacial score (nSPS) is 16.6. The minimum atomic E-state index is -0.740. The third kappa shape index (κ3) is 4.43. The predicted octanol–water partition coefficient (Wildman–Crippen LogP) is 0.0157. The Hall–Kier alpha value is -2.07. The van der Waals surface area contributed by atoms with Crippen molar-refractivity contribution in [2.24, 2.45) is 5.84 Å². The van der Waals surface area contributed by atoms with Crippen LogP contribution in [0.4, 0.5) is 4.79 Å². The molecule has 0 atom stereocenters. The molecule has 0 radical (unpaired) electrons. The van der Waals surface area contributed by atoms with E-state index in [1.54, 1.807) is 6.07 Å². The van der Waals surface area contributed by atoms with Gasteiger partial charge in [0.2, 0.25) is 0 Å². The molecule has 1 fully saturated rings. The lowest BCUT2D eigenvalue weighted by Gasteiger charge is -2.22. The van der Waals surface area contributed by atoms with Gasteiger partial charge < -0.3 is 10.6 Å². The Balaban J connectivity index is 2.41. The average molecular weight is 251 g/mol. The minimum absolute atomic E-state index is 0.168. The molecule has 0 heterocycles. The lowest BCUT2D eigenvalue weighted by molar-refractivity contribution is -0.117. The van der Waals surface area contributed by atoms with Crippen LogP contribution in [0.2, 0.25) is 0 Å². The van der Waals surface area contributed by atoms with Crippen molar-refractivity contribution in [2.45, 2.75) is 38.1 Å². The highest BCUT2D eigenvalue weighted by Gasteiger charge is 2.15. The van der Waals surface area contributed by atoms with Crippen molar-refractivity contribution >= 4 is 11.9 Å². The number of rotatable bonds is 3. The number of hydrogen-bond donors (Lipinski definition) is 4. The molecule has 0 spiro atoms. The predicted molar refractivity (Wildman–Crippen MR) is 64.6 cm³/mol. The Bertz CT molecular complexity index is 379. The molecule has 0 unspecified atom stereocenters. The Morgan fingerprint density at radius 3 is 2.50 bits per heavy atom. The molecule has 0 bridgehead atoms. The molecular weight excluding hydrogens is 234 g/mol. The number of nitriles is 1. The molecule has 3 amide bonds. The molecule has 0 aromatic carbocycles. The van der Waals surface area contributed by atoms with Gasteiger partial charge in [0.1, 0.15) is 11.6 Å². The number of urea groups is 1. The van der Waals surface area contributed by atoms with Crippen molar-refractivity contribution in [3.63, 3.8) is 0 Å². The van der Waals surface area contributed by atoms with E-state index in [4.69, 9.17) is 11.1 Å². The van der Waals surface area contributed by atoms with Crippen LogP contribution in [0.25, 0.3) is 0 Å². The zero-order valence-corrected chi connectivity index (χ0v) is 10.0. The molecule has 98 valence electrons. The van der Waals surface area contributed by atoms with Gasteiger partial charge in [-0.2, -0.15) is 5.26 Å². The summed E-state index contributed by atoms with van der Waals surface area (Å²) < 4.78 is 0. The van der Waals surface area contributed by atoms with Crippen molar-refractivity contribution in [3.05, 3.63) is 11.8 Å². The first-order chi connectivity index (χ1) is 8.67. The zero-order chi connectivity index (χ0) is 13.4. The van der Waals surface area contributed by atoms with E-state index in [-0.39, 0.29) is 11.6 Å². The van der Waals surface area contributed by atoms with Gasteiger partial charge >= 0.3 is 6.03 Å². The molecule has 18 heavy (non-hydrogen) atoms. The number of hydrazine groups is 1. The summed E-state index contributed by atoms with van der Waals surface area (Å²) in [6.07, 6.45) is 6.39. The third-order valence-electron chi connectivity index (χ3n) is 2.78. The van der Waals surface area contributed by atoms with Crippen molar-refractivity contribution in [2.75, 3.05) is 0 Å². The van der Waals surface area contributed by atoms with Crippen LogP contribution in [0.1, 0.15) is 32.1 Å². The molecule has 5 N–H and O–H groups in total. The third-order valence-corrected chi connectivity index (χ3v) is 2.78. The van der Waals surface area contributed by atoms with E-state index in [2.05, 4.69) is 10.6 Å². The maximum atomic E-state index is 11.5. The van der Waals surface area contributed by atoms with Crippen LogP contribution in [0, 0.1) is 11.3 Å². The molecule has 0 aromatic heterocycles. The first-order valence-electron chi connectivity index (χ1n) is 5.85. The van der Waals surface area contributed by atoms with E-state index in [0.29, 0.717) is 0 Å². The van der Waals surface area contributed by atoms with Crippen molar-refractivity contribution in [3.8, 4) is 6.07 Å². The summed E-state index contributed by atoms with van der Waals surface area (Å²) >= 11 is 0. The standard InChI is InChI=1S/C11H17N5O2/c12-6-8(10(17)16-13)7-14-11(18)15-9-4-2-1-3-5-9/h7,9H,1-5,13H2,(H,16,17)(H2,14,15,18). The quantitative estimate of drug-likeness (QED) is 0.186. The van der Waals surface area contributed by atoms with E-state index in [1.807, 2.05) is 5.43 Å². The average Bonchev–Trinajstić information content (AvgIpc) is 2.40. The summed E-state index contributed by atoms with van der Waals surface area (Å²) in [5, 5.41) is 13.8. The van der Waals surface area contributed by atoms with Crippen LogP contribution in [-0.4, -0.2) is 18.0 Å². The van der Waals surface area contributed by atoms with Crippen LogP contribution in [0.15, 0.2) is 11.8 Å². The molecule has 1 rings (SSSR count). The minimum Gasteiger partial charge on any atom is -0.335 e. The molecule has 7 heteroatoms. The van der Waals surface area contributed by atoms with Crippen molar-refractivity contribution in [1.29, 1.82) is 5.26 Å². The van der Waals surface area contributed by atoms with Gasteiger partial charge in [0.25, 0.3) is 5.91 Å². The summed E-state index contributed by atoms with van der Waals surface area (Å²) in [5.74, 6) is 4.14. The van der Waals surface area contributed by atoms with Gasteiger partial charge in [-0.15, -0.1) is 0 Å². The van der Waals surface area contributed by atoms with E-state index in [9.17, 15) is 9.59 Å². The van der Waals surface area contributed by atoms with Crippen LogP contribution in [0.5, 0.6) is 0 Å².